The van der Waals surface area contributed by atoms with E-state index in [2.05, 4.69) is 20.8 Å². The number of hydrogen-bond acceptors (Lipinski definition) is 7. The molecular weight excluding hydrogens is 477 g/mol. The van der Waals surface area contributed by atoms with E-state index in [1.54, 1.807) is 35.7 Å². The molecule has 10 heteroatoms. The minimum Gasteiger partial charge on any atom is -0.493 e. The quantitative estimate of drug-likeness (QED) is 0.236. The van der Waals surface area contributed by atoms with Crippen LogP contribution in [0.2, 0.25) is 0 Å². The average molecular weight is 502 g/mol. The first kappa shape index (κ1) is 25.5. The van der Waals surface area contributed by atoms with Crippen molar-refractivity contribution in [1.82, 2.24) is 25.5 Å². The first-order valence-corrected chi connectivity index (χ1v) is 11.4. The minimum atomic E-state index is -0.267. The molecule has 7 nitrogen and oxygen atoms in total. The lowest BCUT2D eigenvalue weighted by molar-refractivity contribution is 0.280. The zero-order valence-corrected chi connectivity index (χ0v) is 20.2. The van der Waals surface area contributed by atoms with Gasteiger partial charge in [0.15, 0.2) is 11.5 Å². The predicted octanol–water partition coefficient (Wildman–Crippen LogP) is 4.69. The minimum absolute atomic E-state index is 0. The number of thioether (sulfide) groups is 1. The van der Waals surface area contributed by atoms with Crippen LogP contribution in [-0.2, 0) is 13.2 Å². The van der Waals surface area contributed by atoms with Gasteiger partial charge < -0.3 is 14.8 Å². The summed E-state index contributed by atoms with van der Waals surface area (Å²) in [5.41, 5.74) is 2.79. The molecule has 0 aliphatic heterocycles. The molecular formula is C24H25ClFN5O2S. The maximum Gasteiger partial charge on any atom is 0.214 e. The standard InChI is InChI=1S/C24H24FN5O2S.ClH/c1-31-22-9-5-6-19(23(22)32-17-18-10-12-20(25)13-11-18)16-26-14-15-33-24-27-28-29-30(24)21-7-3-2-4-8-21;/h2-13,26H,14-17H2,1H3;1H. The second-order valence-corrected chi connectivity index (χ2v) is 8.16. The highest BCUT2D eigenvalue weighted by molar-refractivity contribution is 7.99. The van der Waals surface area contributed by atoms with E-state index in [4.69, 9.17) is 9.47 Å². The van der Waals surface area contributed by atoms with E-state index in [0.717, 1.165) is 34.3 Å². The Morgan fingerprint density at radius 1 is 1.00 bits per heavy atom. The van der Waals surface area contributed by atoms with Crippen molar-refractivity contribution >= 4 is 24.2 Å². The van der Waals surface area contributed by atoms with E-state index in [1.807, 2.05) is 48.5 Å². The van der Waals surface area contributed by atoms with Crippen LogP contribution in [0.25, 0.3) is 5.69 Å². The zero-order chi connectivity index (χ0) is 22.9. The van der Waals surface area contributed by atoms with E-state index >= 15 is 0 Å². The molecule has 3 aromatic carbocycles. The number of hydrogen-bond donors (Lipinski definition) is 1. The van der Waals surface area contributed by atoms with Gasteiger partial charge in [-0.3, -0.25) is 0 Å². The highest BCUT2D eigenvalue weighted by atomic mass is 35.5. The summed E-state index contributed by atoms with van der Waals surface area (Å²) in [6.07, 6.45) is 0. The number of rotatable bonds is 11. The van der Waals surface area contributed by atoms with Crippen LogP contribution in [0.5, 0.6) is 11.5 Å². The average Bonchev–Trinajstić information content (AvgIpc) is 3.33. The Bertz CT molecular complexity index is 1160. The number of tetrazole rings is 1. The Hall–Kier alpha value is -3.14. The summed E-state index contributed by atoms with van der Waals surface area (Å²) in [4.78, 5) is 0. The lowest BCUT2D eigenvalue weighted by atomic mass is 10.1. The third kappa shape index (κ3) is 6.69. The van der Waals surface area contributed by atoms with Crippen LogP contribution >= 0.6 is 24.2 Å². The molecule has 0 spiro atoms. The zero-order valence-electron chi connectivity index (χ0n) is 18.6. The van der Waals surface area contributed by atoms with E-state index in [-0.39, 0.29) is 18.2 Å². The Morgan fingerprint density at radius 3 is 2.56 bits per heavy atom. The van der Waals surface area contributed by atoms with Crippen molar-refractivity contribution in [3.8, 4) is 17.2 Å². The Labute approximate surface area is 208 Å². The van der Waals surface area contributed by atoms with Crippen LogP contribution < -0.4 is 14.8 Å². The van der Waals surface area contributed by atoms with Crippen LogP contribution in [0.3, 0.4) is 0 Å². The summed E-state index contributed by atoms with van der Waals surface area (Å²) >= 11 is 1.58. The maximum absolute atomic E-state index is 13.2. The molecule has 34 heavy (non-hydrogen) atoms. The second kappa shape index (κ2) is 12.9. The van der Waals surface area contributed by atoms with Crippen molar-refractivity contribution < 1.29 is 13.9 Å². The third-order valence-electron chi connectivity index (χ3n) is 4.84. The molecule has 0 unspecified atom stereocenters. The van der Waals surface area contributed by atoms with Crippen molar-refractivity contribution in [2.24, 2.45) is 0 Å². The van der Waals surface area contributed by atoms with Gasteiger partial charge in [0.05, 0.1) is 12.8 Å². The Morgan fingerprint density at radius 2 is 1.79 bits per heavy atom. The van der Waals surface area contributed by atoms with E-state index in [1.165, 1.54) is 12.1 Å². The smallest absolute Gasteiger partial charge is 0.214 e. The first-order valence-electron chi connectivity index (χ1n) is 10.4. The number of aromatic nitrogens is 4. The van der Waals surface area contributed by atoms with Crippen molar-refractivity contribution in [2.75, 3.05) is 19.4 Å². The molecule has 0 aliphatic carbocycles. The van der Waals surface area contributed by atoms with Crippen LogP contribution in [0.15, 0.2) is 78.0 Å². The van der Waals surface area contributed by atoms with Gasteiger partial charge in [-0.25, -0.2) is 4.39 Å². The summed E-state index contributed by atoms with van der Waals surface area (Å²) in [7, 11) is 1.62. The van der Waals surface area contributed by atoms with Crippen LogP contribution in [0, 0.1) is 5.82 Å². The summed E-state index contributed by atoms with van der Waals surface area (Å²) in [5, 5.41) is 16.2. The molecule has 0 atom stereocenters. The highest BCUT2D eigenvalue weighted by Gasteiger charge is 2.12. The Balaban J connectivity index is 0.00000324. The number of nitrogens with one attached hydrogen (secondary N) is 1. The lowest BCUT2D eigenvalue weighted by Crippen LogP contribution is -2.17. The number of nitrogens with zero attached hydrogens (tertiary/aromatic N) is 4. The van der Waals surface area contributed by atoms with E-state index < -0.39 is 0 Å². The fourth-order valence-electron chi connectivity index (χ4n) is 3.20. The molecule has 4 aromatic rings. The summed E-state index contributed by atoms with van der Waals surface area (Å²) in [6, 6.07) is 21.9. The van der Waals surface area contributed by atoms with Crippen molar-refractivity contribution in [1.29, 1.82) is 0 Å². The van der Waals surface area contributed by atoms with Gasteiger partial charge in [-0.1, -0.05) is 54.2 Å². The van der Waals surface area contributed by atoms with Crippen LogP contribution in [-0.4, -0.2) is 39.6 Å². The second-order valence-electron chi connectivity index (χ2n) is 7.10. The van der Waals surface area contributed by atoms with Crippen LogP contribution in [0.4, 0.5) is 4.39 Å². The van der Waals surface area contributed by atoms with Gasteiger partial charge in [0.2, 0.25) is 5.16 Å². The fraction of sp³-hybridized carbons (Fsp3) is 0.208. The Kier molecular flexibility index (Phi) is 9.69. The monoisotopic (exact) mass is 501 g/mol. The third-order valence-corrected chi connectivity index (χ3v) is 5.76. The molecule has 1 N–H and O–H groups in total. The van der Waals surface area contributed by atoms with E-state index in [0.29, 0.717) is 24.7 Å². The number of halogens is 2. The molecule has 0 radical (unpaired) electrons. The summed E-state index contributed by atoms with van der Waals surface area (Å²) < 4.78 is 26.4. The van der Waals surface area contributed by atoms with Gasteiger partial charge in [-0.05, 0) is 46.3 Å². The van der Waals surface area contributed by atoms with Crippen LogP contribution in [0.1, 0.15) is 11.1 Å². The van der Waals surface area contributed by atoms with E-state index in [9.17, 15) is 4.39 Å². The van der Waals surface area contributed by atoms with Gasteiger partial charge in [0.1, 0.15) is 12.4 Å². The molecule has 0 fully saturated rings. The largest absolute Gasteiger partial charge is 0.493 e. The predicted molar refractivity (Wildman–Crippen MR) is 133 cm³/mol. The topological polar surface area (TPSA) is 74.1 Å². The van der Waals surface area contributed by atoms with Gasteiger partial charge in [-0.2, -0.15) is 4.68 Å². The van der Waals surface area contributed by atoms with Gasteiger partial charge >= 0.3 is 0 Å². The lowest BCUT2D eigenvalue weighted by Gasteiger charge is -2.15. The van der Waals surface area contributed by atoms with Crippen molar-refractivity contribution in [3.05, 3.63) is 89.7 Å². The maximum atomic E-state index is 13.2. The van der Waals surface area contributed by atoms with Crippen molar-refractivity contribution in [2.45, 2.75) is 18.3 Å². The molecule has 0 amide bonds. The molecule has 0 bridgehead atoms. The molecule has 0 aliphatic rings. The SMILES string of the molecule is COc1cccc(CNCCSc2nnnn2-c2ccccc2)c1OCc1ccc(F)cc1.Cl. The first-order chi connectivity index (χ1) is 16.2. The molecule has 1 heterocycles. The molecule has 0 saturated heterocycles. The summed E-state index contributed by atoms with van der Waals surface area (Å²) in [5.74, 6) is 1.87. The number of benzene rings is 3. The van der Waals surface area contributed by atoms with Crippen molar-refractivity contribution in [3.63, 3.8) is 0 Å². The van der Waals surface area contributed by atoms with Gasteiger partial charge in [-0.15, -0.1) is 17.5 Å². The molecule has 178 valence electrons. The van der Waals surface area contributed by atoms with Gasteiger partial charge in [0, 0.05) is 24.4 Å². The fourth-order valence-corrected chi connectivity index (χ4v) is 3.99. The molecule has 1 aromatic heterocycles. The number of ether oxygens (including phenoxy) is 2. The summed E-state index contributed by atoms with van der Waals surface area (Å²) in [6.45, 7) is 1.69. The normalized spacial score (nSPS) is 10.5. The molecule has 4 rings (SSSR count). The van der Waals surface area contributed by atoms with Gasteiger partial charge in [0.25, 0.3) is 0 Å². The molecule has 0 saturated carbocycles. The number of methoxy groups -OCH3 is 1. The number of para-hydroxylation sites is 2. The highest BCUT2D eigenvalue weighted by Crippen LogP contribution is 2.32.